The summed E-state index contributed by atoms with van der Waals surface area (Å²) in [5, 5.41) is 0. The zero-order chi connectivity index (χ0) is 15.2. The molecule has 0 saturated carbocycles. The molecule has 2 amide bonds. The summed E-state index contributed by atoms with van der Waals surface area (Å²) in [4.78, 5) is 24.8. The lowest BCUT2D eigenvalue weighted by molar-refractivity contribution is -0.119. The lowest BCUT2D eigenvalue weighted by Gasteiger charge is -2.06. The van der Waals surface area contributed by atoms with E-state index in [1.165, 1.54) is 17.3 Å². The van der Waals surface area contributed by atoms with E-state index in [2.05, 4.69) is 10.9 Å². The summed E-state index contributed by atoms with van der Waals surface area (Å²) in [5.41, 5.74) is 5.91. The van der Waals surface area contributed by atoms with E-state index in [1.807, 2.05) is 31.2 Å². The fourth-order valence-corrected chi connectivity index (χ4v) is 3.08. The maximum absolute atomic E-state index is 11.7. The van der Waals surface area contributed by atoms with Crippen molar-refractivity contribution in [3.05, 3.63) is 51.2 Å². The Bertz CT molecular complexity index is 641. The first-order chi connectivity index (χ1) is 10.0. The van der Waals surface area contributed by atoms with Crippen LogP contribution in [0.5, 0.6) is 0 Å². The number of benzene rings is 1. The molecule has 0 fully saturated rings. The molecule has 1 aromatic carbocycles. The van der Waals surface area contributed by atoms with Crippen LogP contribution >= 0.6 is 34.7 Å². The zero-order valence-corrected chi connectivity index (χ0v) is 13.6. The summed E-state index contributed by atoms with van der Waals surface area (Å²) in [6.45, 7) is 2.01. The SMILES string of the molecule is Cc1ccc(SCC(=O)NNC(=O)c2ccc(Cl)s2)cc1. The Hall–Kier alpha value is -1.50. The summed E-state index contributed by atoms with van der Waals surface area (Å²) in [6, 6.07) is 11.1. The molecule has 1 heterocycles. The van der Waals surface area contributed by atoms with Gasteiger partial charge in [0.1, 0.15) is 0 Å². The molecule has 0 aliphatic rings. The number of hydrogen-bond acceptors (Lipinski definition) is 4. The molecule has 2 N–H and O–H groups in total. The lowest BCUT2D eigenvalue weighted by atomic mass is 10.2. The molecule has 0 atom stereocenters. The van der Waals surface area contributed by atoms with Gasteiger partial charge in [0, 0.05) is 4.90 Å². The van der Waals surface area contributed by atoms with E-state index in [-0.39, 0.29) is 17.6 Å². The van der Waals surface area contributed by atoms with Crippen molar-refractivity contribution in [3.8, 4) is 0 Å². The Morgan fingerprint density at radius 2 is 1.86 bits per heavy atom. The van der Waals surface area contributed by atoms with Crippen LogP contribution in [0.2, 0.25) is 4.34 Å². The number of thiophene rings is 1. The third-order valence-corrected chi connectivity index (χ3v) is 4.75. The summed E-state index contributed by atoms with van der Waals surface area (Å²) in [5.74, 6) is -0.411. The molecule has 0 radical (unpaired) electrons. The molecule has 2 rings (SSSR count). The minimum absolute atomic E-state index is 0.231. The van der Waals surface area contributed by atoms with Crippen molar-refractivity contribution in [1.29, 1.82) is 0 Å². The fourth-order valence-electron chi connectivity index (χ4n) is 1.44. The van der Waals surface area contributed by atoms with E-state index in [1.54, 1.807) is 12.1 Å². The number of nitrogens with one attached hydrogen (secondary N) is 2. The van der Waals surface area contributed by atoms with Gasteiger partial charge in [0.25, 0.3) is 5.91 Å². The Labute approximate surface area is 135 Å². The molecular formula is C14H13ClN2O2S2. The van der Waals surface area contributed by atoms with E-state index in [9.17, 15) is 9.59 Å². The van der Waals surface area contributed by atoms with E-state index in [0.29, 0.717) is 9.21 Å². The van der Waals surface area contributed by atoms with Crippen LogP contribution in [0.25, 0.3) is 0 Å². The molecule has 1 aromatic heterocycles. The Morgan fingerprint density at radius 3 is 2.48 bits per heavy atom. The van der Waals surface area contributed by atoms with Crippen molar-refractivity contribution < 1.29 is 9.59 Å². The van der Waals surface area contributed by atoms with Crippen molar-refractivity contribution in [2.24, 2.45) is 0 Å². The van der Waals surface area contributed by atoms with Crippen LogP contribution in [0.1, 0.15) is 15.2 Å². The summed E-state index contributed by atoms with van der Waals surface area (Å²) < 4.78 is 0.529. The third kappa shape index (κ3) is 5.08. The highest BCUT2D eigenvalue weighted by Crippen LogP contribution is 2.21. The number of aryl methyl sites for hydroxylation is 1. The average Bonchev–Trinajstić information content (AvgIpc) is 2.91. The molecule has 0 aliphatic carbocycles. The second-order valence-corrected chi connectivity index (χ2v) is 6.97. The zero-order valence-electron chi connectivity index (χ0n) is 11.2. The molecule has 2 aromatic rings. The summed E-state index contributed by atoms with van der Waals surface area (Å²) >= 11 is 8.31. The fraction of sp³-hybridized carbons (Fsp3) is 0.143. The van der Waals surface area contributed by atoms with Gasteiger partial charge in [0.05, 0.1) is 15.0 Å². The maximum atomic E-state index is 11.7. The van der Waals surface area contributed by atoms with Crippen molar-refractivity contribution in [3.63, 3.8) is 0 Å². The third-order valence-electron chi connectivity index (χ3n) is 2.50. The Morgan fingerprint density at radius 1 is 1.14 bits per heavy atom. The monoisotopic (exact) mass is 340 g/mol. The van der Waals surface area contributed by atoms with Gasteiger partial charge < -0.3 is 0 Å². The number of carbonyl (C=O) groups excluding carboxylic acids is 2. The molecular weight excluding hydrogens is 328 g/mol. The van der Waals surface area contributed by atoms with Gasteiger partial charge in [-0.25, -0.2) is 0 Å². The standard InChI is InChI=1S/C14H13ClN2O2S2/c1-9-2-4-10(5-3-9)20-8-13(18)16-17-14(19)11-6-7-12(15)21-11/h2-7H,8H2,1H3,(H,16,18)(H,17,19). The smallest absolute Gasteiger partial charge is 0.272 e. The van der Waals surface area contributed by atoms with E-state index >= 15 is 0 Å². The van der Waals surface area contributed by atoms with Crippen LogP contribution in [0.15, 0.2) is 41.3 Å². The van der Waals surface area contributed by atoms with E-state index in [4.69, 9.17) is 11.6 Å². The number of hydrogen-bond donors (Lipinski definition) is 2. The lowest BCUT2D eigenvalue weighted by Crippen LogP contribution is -2.42. The number of halogens is 1. The van der Waals surface area contributed by atoms with Gasteiger partial charge in [-0.2, -0.15) is 0 Å². The highest BCUT2D eigenvalue weighted by Gasteiger charge is 2.10. The van der Waals surface area contributed by atoms with Crippen molar-refractivity contribution >= 4 is 46.5 Å². The van der Waals surface area contributed by atoms with Crippen LogP contribution in [-0.2, 0) is 4.79 Å². The second-order valence-electron chi connectivity index (χ2n) is 4.21. The molecule has 4 nitrogen and oxygen atoms in total. The summed E-state index contributed by atoms with van der Waals surface area (Å²) in [6.07, 6.45) is 0. The van der Waals surface area contributed by atoms with Gasteiger partial charge >= 0.3 is 0 Å². The minimum Gasteiger partial charge on any atom is -0.272 e. The Kier molecular flexibility index (Phi) is 5.67. The minimum atomic E-state index is -0.374. The number of hydrazine groups is 1. The molecule has 21 heavy (non-hydrogen) atoms. The van der Waals surface area contributed by atoms with E-state index < -0.39 is 0 Å². The van der Waals surface area contributed by atoms with Gasteiger partial charge in [-0.3, -0.25) is 20.4 Å². The normalized spacial score (nSPS) is 10.2. The van der Waals surface area contributed by atoms with Crippen LogP contribution < -0.4 is 10.9 Å². The topological polar surface area (TPSA) is 58.2 Å². The predicted octanol–water partition coefficient (Wildman–Crippen LogP) is 3.26. The van der Waals surface area contributed by atoms with Crippen LogP contribution in [0.3, 0.4) is 0 Å². The molecule has 110 valence electrons. The van der Waals surface area contributed by atoms with Crippen molar-refractivity contribution in [2.45, 2.75) is 11.8 Å². The molecule has 7 heteroatoms. The number of rotatable bonds is 4. The van der Waals surface area contributed by atoms with Gasteiger partial charge in [-0.15, -0.1) is 23.1 Å². The highest BCUT2D eigenvalue weighted by atomic mass is 35.5. The largest absolute Gasteiger partial charge is 0.279 e. The second kappa shape index (κ2) is 7.49. The molecule has 0 spiro atoms. The Balaban J connectivity index is 1.74. The van der Waals surface area contributed by atoms with Gasteiger partial charge in [0.2, 0.25) is 5.91 Å². The first-order valence-electron chi connectivity index (χ1n) is 6.08. The van der Waals surface area contributed by atoms with Gasteiger partial charge in [-0.1, -0.05) is 29.3 Å². The maximum Gasteiger partial charge on any atom is 0.279 e. The predicted molar refractivity (Wildman–Crippen MR) is 86.8 cm³/mol. The first-order valence-corrected chi connectivity index (χ1v) is 8.26. The quantitative estimate of drug-likeness (QED) is 0.663. The average molecular weight is 341 g/mol. The van der Waals surface area contributed by atoms with Crippen molar-refractivity contribution in [2.75, 3.05) is 5.75 Å². The van der Waals surface area contributed by atoms with Crippen LogP contribution in [-0.4, -0.2) is 17.6 Å². The molecule has 0 saturated heterocycles. The van der Waals surface area contributed by atoms with Crippen molar-refractivity contribution in [1.82, 2.24) is 10.9 Å². The number of carbonyl (C=O) groups is 2. The highest BCUT2D eigenvalue weighted by molar-refractivity contribution is 8.00. The first kappa shape index (κ1) is 15.9. The van der Waals surface area contributed by atoms with Gasteiger partial charge in [-0.05, 0) is 31.2 Å². The molecule has 0 unspecified atom stereocenters. The van der Waals surface area contributed by atoms with Crippen LogP contribution in [0, 0.1) is 6.92 Å². The van der Waals surface area contributed by atoms with Gasteiger partial charge in [0.15, 0.2) is 0 Å². The van der Waals surface area contributed by atoms with E-state index in [0.717, 1.165) is 16.2 Å². The molecule has 0 aliphatic heterocycles. The number of thioether (sulfide) groups is 1. The summed E-state index contributed by atoms with van der Waals surface area (Å²) in [7, 11) is 0. The van der Waals surface area contributed by atoms with Crippen LogP contribution in [0.4, 0.5) is 0 Å². The molecule has 0 bridgehead atoms. The number of amides is 2.